The lowest BCUT2D eigenvalue weighted by atomic mass is 9.75. The Morgan fingerprint density at radius 2 is 2.28 bits per heavy atom. The highest BCUT2D eigenvalue weighted by Gasteiger charge is 2.38. The number of alkyl halides is 1. The van der Waals surface area contributed by atoms with Gasteiger partial charge >= 0.3 is 0 Å². The number of nitrogens with one attached hydrogen (secondary N) is 1. The summed E-state index contributed by atoms with van der Waals surface area (Å²) in [5, 5.41) is 4.06. The number of halogens is 1. The van der Waals surface area contributed by atoms with Crippen LogP contribution in [0.1, 0.15) is 25.7 Å². The van der Waals surface area contributed by atoms with Crippen LogP contribution >= 0.6 is 23.8 Å². The van der Waals surface area contributed by atoms with Crippen molar-refractivity contribution >= 4 is 34.8 Å². The lowest BCUT2D eigenvalue weighted by molar-refractivity contribution is -0.124. The van der Waals surface area contributed by atoms with Crippen molar-refractivity contribution in [1.29, 1.82) is 0 Å². The molecule has 0 aromatic rings. The molecular weight excluding hydrogens is 270 g/mol. The number of hydrogen-bond acceptors (Lipinski definition) is 2. The zero-order valence-electron chi connectivity index (χ0n) is 10.4. The lowest BCUT2D eigenvalue weighted by Gasteiger charge is -2.35. The number of nitrogens with zero attached hydrogens (tertiary/aromatic N) is 1. The Hall–Kier alpha value is -0.550. The van der Waals surface area contributed by atoms with Gasteiger partial charge < -0.3 is 16.0 Å². The van der Waals surface area contributed by atoms with E-state index in [4.69, 9.17) is 29.6 Å². The first-order valence-electron chi connectivity index (χ1n) is 6.54. The summed E-state index contributed by atoms with van der Waals surface area (Å²) in [6, 6.07) is 0.115. The van der Waals surface area contributed by atoms with Crippen molar-refractivity contribution in [2.75, 3.05) is 19.0 Å². The highest BCUT2D eigenvalue weighted by atomic mass is 35.5. The van der Waals surface area contributed by atoms with Crippen LogP contribution in [0.4, 0.5) is 0 Å². The van der Waals surface area contributed by atoms with Crippen LogP contribution in [0.3, 0.4) is 0 Å². The number of carbonyl (C=O) groups is 1. The van der Waals surface area contributed by atoms with Crippen LogP contribution in [0.2, 0.25) is 0 Å². The zero-order chi connectivity index (χ0) is 13.1. The predicted octanol–water partition coefficient (Wildman–Crippen LogP) is 1.08. The van der Waals surface area contributed by atoms with Crippen molar-refractivity contribution in [3.63, 3.8) is 0 Å². The maximum Gasteiger partial charge on any atom is 0.222 e. The highest BCUT2D eigenvalue weighted by Crippen LogP contribution is 2.33. The fourth-order valence-corrected chi connectivity index (χ4v) is 3.64. The molecule has 4 nitrogen and oxygen atoms in total. The fourth-order valence-electron chi connectivity index (χ4n) is 3.12. The predicted molar refractivity (Wildman–Crippen MR) is 76.5 cm³/mol. The maximum atomic E-state index is 11.5. The molecule has 3 unspecified atom stereocenters. The van der Waals surface area contributed by atoms with Crippen LogP contribution < -0.4 is 11.1 Å². The number of primary amides is 1. The molecule has 6 heteroatoms. The van der Waals surface area contributed by atoms with E-state index in [1.165, 1.54) is 0 Å². The Labute approximate surface area is 118 Å². The second-order valence-corrected chi connectivity index (χ2v) is 5.90. The van der Waals surface area contributed by atoms with Gasteiger partial charge in [-0.15, -0.1) is 11.6 Å². The molecule has 2 rings (SSSR count). The minimum absolute atomic E-state index is 0.0855. The summed E-state index contributed by atoms with van der Waals surface area (Å²) in [5.74, 6) is 0.772. The first-order chi connectivity index (χ1) is 8.63. The third-order valence-corrected chi connectivity index (χ3v) is 4.64. The van der Waals surface area contributed by atoms with Crippen molar-refractivity contribution in [2.24, 2.45) is 17.6 Å². The van der Waals surface area contributed by atoms with Gasteiger partial charge in [0.1, 0.15) is 0 Å². The third-order valence-electron chi connectivity index (χ3n) is 4.10. The lowest BCUT2D eigenvalue weighted by Crippen LogP contribution is -2.52. The maximum absolute atomic E-state index is 11.5. The van der Waals surface area contributed by atoms with E-state index >= 15 is 0 Å². The molecule has 1 aliphatic heterocycles. The molecule has 1 amide bonds. The van der Waals surface area contributed by atoms with Crippen LogP contribution in [-0.2, 0) is 4.79 Å². The molecule has 1 saturated carbocycles. The van der Waals surface area contributed by atoms with E-state index in [0.717, 1.165) is 43.9 Å². The van der Waals surface area contributed by atoms with Crippen molar-refractivity contribution in [1.82, 2.24) is 10.2 Å². The molecule has 3 N–H and O–H groups in total. The van der Waals surface area contributed by atoms with E-state index in [1.807, 2.05) is 0 Å². The molecule has 102 valence electrons. The van der Waals surface area contributed by atoms with Gasteiger partial charge in [-0.25, -0.2) is 0 Å². The Bertz CT molecular complexity index is 339. The standard InChI is InChI=1S/C12H20ClN3OS/c13-5-7-16-6-4-8-2-1-3-9(11(14)17)10(8)15-12(16)18/h8-10H,1-7H2,(H2,14,17)(H,15,18). The number of carbonyl (C=O) groups excluding carboxylic acids is 1. The topological polar surface area (TPSA) is 58.4 Å². The molecule has 0 bridgehead atoms. The molecule has 0 aromatic carbocycles. The molecule has 2 fully saturated rings. The fraction of sp³-hybridized carbons (Fsp3) is 0.833. The van der Waals surface area contributed by atoms with Crippen LogP contribution in [0.5, 0.6) is 0 Å². The van der Waals surface area contributed by atoms with Crippen molar-refractivity contribution < 1.29 is 4.79 Å². The molecular formula is C12H20ClN3OS. The van der Waals surface area contributed by atoms with Crippen LogP contribution in [0, 0.1) is 11.8 Å². The normalized spacial score (nSPS) is 32.4. The second-order valence-electron chi connectivity index (χ2n) is 5.14. The van der Waals surface area contributed by atoms with Gasteiger partial charge in [0.15, 0.2) is 5.11 Å². The summed E-state index contributed by atoms with van der Waals surface area (Å²) in [6.07, 6.45) is 4.16. The van der Waals surface area contributed by atoms with E-state index in [-0.39, 0.29) is 17.9 Å². The average molecular weight is 290 g/mol. The monoisotopic (exact) mass is 289 g/mol. The minimum atomic E-state index is -0.203. The van der Waals surface area contributed by atoms with Crippen molar-refractivity contribution in [2.45, 2.75) is 31.7 Å². The number of amides is 1. The van der Waals surface area contributed by atoms with E-state index in [2.05, 4.69) is 10.2 Å². The molecule has 2 aliphatic rings. The summed E-state index contributed by atoms with van der Waals surface area (Å²) in [6.45, 7) is 1.68. The van der Waals surface area contributed by atoms with Gasteiger partial charge in [-0.3, -0.25) is 4.79 Å². The van der Waals surface area contributed by atoms with Crippen LogP contribution in [-0.4, -0.2) is 40.9 Å². The van der Waals surface area contributed by atoms with Crippen LogP contribution in [0.25, 0.3) is 0 Å². The van der Waals surface area contributed by atoms with Gasteiger partial charge in [0.25, 0.3) is 0 Å². The molecule has 18 heavy (non-hydrogen) atoms. The Morgan fingerprint density at radius 1 is 1.50 bits per heavy atom. The van der Waals surface area contributed by atoms with E-state index < -0.39 is 0 Å². The molecule has 0 radical (unpaired) electrons. The smallest absolute Gasteiger partial charge is 0.222 e. The summed E-state index contributed by atoms with van der Waals surface area (Å²) in [5.41, 5.74) is 5.51. The summed E-state index contributed by atoms with van der Waals surface area (Å²) >= 11 is 11.2. The Kier molecular flexibility index (Phi) is 4.67. The van der Waals surface area contributed by atoms with Gasteiger partial charge in [0.2, 0.25) is 5.91 Å². The van der Waals surface area contributed by atoms with Gasteiger partial charge in [0, 0.05) is 25.0 Å². The molecule has 1 saturated heterocycles. The van der Waals surface area contributed by atoms with Gasteiger partial charge in [-0.05, 0) is 37.4 Å². The number of nitrogens with two attached hydrogens (primary N) is 1. The zero-order valence-corrected chi connectivity index (χ0v) is 12.0. The Morgan fingerprint density at radius 3 is 2.94 bits per heavy atom. The third kappa shape index (κ3) is 2.88. The summed E-state index contributed by atoms with van der Waals surface area (Å²) in [7, 11) is 0. The summed E-state index contributed by atoms with van der Waals surface area (Å²) in [4.78, 5) is 13.6. The number of thiocarbonyl (C=S) groups is 1. The van der Waals surface area contributed by atoms with E-state index in [9.17, 15) is 4.79 Å². The molecule has 1 heterocycles. The first kappa shape index (κ1) is 13.9. The second kappa shape index (κ2) is 6.06. The van der Waals surface area contributed by atoms with Gasteiger partial charge in [-0.1, -0.05) is 6.42 Å². The van der Waals surface area contributed by atoms with Gasteiger partial charge in [-0.2, -0.15) is 0 Å². The van der Waals surface area contributed by atoms with E-state index in [0.29, 0.717) is 11.8 Å². The number of fused-ring (bicyclic) bond motifs is 1. The largest absolute Gasteiger partial charge is 0.369 e. The van der Waals surface area contributed by atoms with Crippen molar-refractivity contribution in [3.8, 4) is 0 Å². The SMILES string of the molecule is NC(=O)C1CCCC2CCN(CCCl)C(=S)NC21. The van der Waals surface area contributed by atoms with Gasteiger partial charge in [0.05, 0.1) is 5.92 Å². The number of hydrogen-bond donors (Lipinski definition) is 2. The molecule has 0 aromatic heterocycles. The quantitative estimate of drug-likeness (QED) is 0.603. The average Bonchev–Trinajstić information content (AvgIpc) is 2.49. The highest BCUT2D eigenvalue weighted by molar-refractivity contribution is 7.80. The first-order valence-corrected chi connectivity index (χ1v) is 7.48. The minimum Gasteiger partial charge on any atom is -0.369 e. The molecule has 0 spiro atoms. The van der Waals surface area contributed by atoms with E-state index in [1.54, 1.807) is 0 Å². The van der Waals surface area contributed by atoms with Crippen LogP contribution in [0.15, 0.2) is 0 Å². The molecule has 1 aliphatic carbocycles. The Balaban J connectivity index is 2.11. The summed E-state index contributed by atoms with van der Waals surface area (Å²) < 4.78 is 0. The molecule has 3 atom stereocenters. The number of rotatable bonds is 3. The van der Waals surface area contributed by atoms with Crippen molar-refractivity contribution in [3.05, 3.63) is 0 Å².